The van der Waals surface area contributed by atoms with Crippen molar-refractivity contribution >= 4 is 5.97 Å². The summed E-state index contributed by atoms with van der Waals surface area (Å²) in [7, 11) is 0. The van der Waals surface area contributed by atoms with Crippen LogP contribution in [0.15, 0.2) is 0 Å². The van der Waals surface area contributed by atoms with Crippen LogP contribution in [0.3, 0.4) is 0 Å². The van der Waals surface area contributed by atoms with E-state index < -0.39 is 5.97 Å². The molecule has 1 saturated carbocycles. The van der Waals surface area contributed by atoms with Crippen LogP contribution in [0.25, 0.3) is 0 Å². The third kappa shape index (κ3) is 3.53. The summed E-state index contributed by atoms with van der Waals surface area (Å²) in [4.78, 5) is 13.9. The molecule has 1 N–H and O–H groups in total. The Bertz CT molecular complexity index is 343. The zero-order valence-corrected chi connectivity index (χ0v) is 13.1. The number of carboxylic acids is 1. The SMILES string of the molecule is CCCN(C1CCCC(C)(C)C1)C1COCC1C(=O)O. The second kappa shape index (κ2) is 6.44. The van der Waals surface area contributed by atoms with Gasteiger partial charge in [-0.1, -0.05) is 27.2 Å². The number of carbonyl (C=O) groups is 1. The molecule has 20 heavy (non-hydrogen) atoms. The van der Waals surface area contributed by atoms with E-state index in [0.29, 0.717) is 24.7 Å². The molecule has 0 aromatic rings. The lowest BCUT2D eigenvalue weighted by Gasteiger charge is -2.44. The van der Waals surface area contributed by atoms with Gasteiger partial charge in [0.15, 0.2) is 0 Å². The zero-order chi connectivity index (χ0) is 14.8. The number of hydrogen-bond donors (Lipinski definition) is 1. The van der Waals surface area contributed by atoms with Gasteiger partial charge in [-0.25, -0.2) is 0 Å². The number of nitrogens with zero attached hydrogens (tertiary/aromatic N) is 1. The van der Waals surface area contributed by atoms with Gasteiger partial charge in [0.25, 0.3) is 0 Å². The first-order chi connectivity index (χ1) is 9.44. The minimum atomic E-state index is -0.705. The lowest BCUT2D eigenvalue weighted by atomic mass is 9.74. The first-order valence-electron chi connectivity index (χ1n) is 8.01. The Labute approximate surface area is 122 Å². The van der Waals surface area contributed by atoms with Crippen molar-refractivity contribution in [3.05, 3.63) is 0 Å². The summed E-state index contributed by atoms with van der Waals surface area (Å²) < 4.78 is 5.48. The lowest BCUT2D eigenvalue weighted by molar-refractivity contribution is -0.143. The summed E-state index contributed by atoms with van der Waals surface area (Å²) in [5.74, 6) is -1.06. The normalized spacial score (nSPS) is 33.5. The smallest absolute Gasteiger partial charge is 0.310 e. The van der Waals surface area contributed by atoms with Crippen LogP contribution in [0.2, 0.25) is 0 Å². The van der Waals surface area contributed by atoms with Crippen LogP contribution in [0, 0.1) is 11.3 Å². The van der Waals surface area contributed by atoms with E-state index in [1.54, 1.807) is 0 Å². The number of aliphatic carboxylic acids is 1. The largest absolute Gasteiger partial charge is 0.481 e. The minimum absolute atomic E-state index is 0.0614. The second-order valence-corrected chi connectivity index (χ2v) is 7.20. The number of carboxylic acid groups (broad SMARTS) is 1. The van der Waals surface area contributed by atoms with Crippen LogP contribution in [-0.2, 0) is 9.53 Å². The zero-order valence-electron chi connectivity index (χ0n) is 13.1. The third-order valence-corrected chi connectivity index (χ3v) is 4.92. The van der Waals surface area contributed by atoms with E-state index in [2.05, 4.69) is 25.7 Å². The van der Waals surface area contributed by atoms with Crippen LogP contribution in [0.4, 0.5) is 0 Å². The Hall–Kier alpha value is -0.610. The second-order valence-electron chi connectivity index (χ2n) is 7.20. The van der Waals surface area contributed by atoms with Crippen LogP contribution < -0.4 is 0 Å². The number of ether oxygens (including phenoxy) is 1. The molecule has 0 aromatic heterocycles. The third-order valence-electron chi connectivity index (χ3n) is 4.92. The van der Waals surface area contributed by atoms with E-state index in [1.807, 2.05) is 0 Å². The Kier molecular flexibility index (Phi) is 5.08. The molecule has 3 unspecified atom stereocenters. The van der Waals surface area contributed by atoms with Crippen molar-refractivity contribution in [1.82, 2.24) is 4.90 Å². The average Bonchev–Trinajstić information content (AvgIpc) is 2.83. The first-order valence-corrected chi connectivity index (χ1v) is 8.01. The van der Waals surface area contributed by atoms with E-state index >= 15 is 0 Å². The van der Waals surface area contributed by atoms with Crippen molar-refractivity contribution in [1.29, 1.82) is 0 Å². The van der Waals surface area contributed by atoms with Gasteiger partial charge in [0.05, 0.1) is 19.1 Å². The van der Waals surface area contributed by atoms with E-state index in [9.17, 15) is 9.90 Å². The topological polar surface area (TPSA) is 49.8 Å². The summed E-state index contributed by atoms with van der Waals surface area (Å²) in [5.41, 5.74) is 0.382. The molecule has 4 nitrogen and oxygen atoms in total. The van der Waals surface area contributed by atoms with Gasteiger partial charge in [0.1, 0.15) is 0 Å². The summed E-state index contributed by atoms with van der Waals surface area (Å²) in [6, 6.07) is 0.582. The molecule has 116 valence electrons. The lowest BCUT2D eigenvalue weighted by Crippen LogP contribution is -2.51. The van der Waals surface area contributed by atoms with Crippen LogP contribution in [0.1, 0.15) is 52.9 Å². The van der Waals surface area contributed by atoms with E-state index in [1.165, 1.54) is 25.7 Å². The molecule has 2 rings (SSSR count). The summed E-state index contributed by atoms with van der Waals surface area (Å²) in [6.07, 6.45) is 5.98. The van der Waals surface area contributed by atoms with Crippen molar-refractivity contribution < 1.29 is 14.6 Å². The fourth-order valence-electron chi connectivity index (χ4n) is 3.92. The predicted octanol–water partition coefficient (Wildman–Crippen LogP) is 2.77. The minimum Gasteiger partial charge on any atom is -0.481 e. The summed E-state index contributed by atoms with van der Waals surface area (Å²) in [5, 5.41) is 9.40. The molecule has 0 radical (unpaired) electrons. The Balaban J connectivity index is 2.11. The molecule has 1 aliphatic heterocycles. The highest BCUT2D eigenvalue weighted by atomic mass is 16.5. The molecule has 0 amide bonds. The fraction of sp³-hybridized carbons (Fsp3) is 0.938. The molecule has 2 aliphatic rings. The van der Waals surface area contributed by atoms with Crippen LogP contribution >= 0.6 is 0 Å². The van der Waals surface area contributed by atoms with Gasteiger partial charge in [-0.05, 0) is 37.6 Å². The molecule has 2 fully saturated rings. The van der Waals surface area contributed by atoms with E-state index in [0.717, 1.165) is 13.0 Å². The van der Waals surface area contributed by atoms with Crippen LogP contribution in [0.5, 0.6) is 0 Å². The maximum atomic E-state index is 11.4. The standard InChI is InChI=1S/C16H29NO3/c1-4-8-17(12-6-5-7-16(2,3)9-12)14-11-20-10-13(14)15(18)19/h12-14H,4-11H2,1-3H3,(H,18,19). The Morgan fingerprint density at radius 3 is 2.75 bits per heavy atom. The predicted molar refractivity (Wildman–Crippen MR) is 78.8 cm³/mol. The molecule has 1 aliphatic carbocycles. The number of hydrogen-bond acceptors (Lipinski definition) is 3. The maximum absolute atomic E-state index is 11.4. The van der Waals surface area contributed by atoms with Crippen molar-refractivity contribution in [2.24, 2.45) is 11.3 Å². The van der Waals surface area contributed by atoms with Gasteiger partial charge in [0.2, 0.25) is 0 Å². The maximum Gasteiger partial charge on any atom is 0.310 e. The molecule has 4 heteroatoms. The van der Waals surface area contributed by atoms with Crippen molar-refractivity contribution in [2.75, 3.05) is 19.8 Å². The van der Waals surface area contributed by atoms with E-state index in [4.69, 9.17) is 4.74 Å². The molecule has 0 aromatic carbocycles. The van der Waals surface area contributed by atoms with Crippen LogP contribution in [-0.4, -0.2) is 47.8 Å². The molecule has 1 heterocycles. The van der Waals surface area contributed by atoms with Crippen molar-refractivity contribution in [3.8, 4) is 0 Å². The van der Waals surface area contributed by atoms with Gasteiger partial charge in [-0.3, -0.25) is 9.69 Å². The van der Waals surface area contributed by atoms with E-state index in [-0.39, 0.29) is 12.0 Å². The molecular weight excluding hydrogens is 254 g/mol. The Morgan fingerprint density at radius 1 is 1.40 bits per heavy atom. The molecule has 0 spiro atoms. The molecule has 1 saturated heterocycles. The highest BCUT2D eigenvalue weighted by molar-refractivity contribution is 5.71. The van der Waals surface area contributed by atoms with Crippen molar-refractivity contribution in [2.45, 2.75) is 65.0 Å². The van der Waals surface area contributed by atoms with Gasteiger partial charge in [-0.2, -0.15) is 0 Å². The Morgan fingerprint density at radius 2 is 2.15 bits per heavy atom. The molecule has 3 atom stereocenters. The monoisotopic (exact) mass is 283 g/mol. The van der Waals surface area contributed by atoms with Gasteiger partial charge in [-0.15, -0.1) is 0 Å². The van der Waals surface area contributed by atoms with Gasteiger partial charge < -0.3 is 9.84 Å². The quantitative estimate of drug-likeness (QED) is 0.843. The van der Waals surface area contributed by atoms with Gasteiger partial charge in [0, 0.05) is 12.1 Å². The first kappa shape index (κ1) is 15.8. The van der Waals surface area contributed by atoms with Gasteiger partial charge >= 0.3 is 5.97 Å². The highest BCUT2D eigenvalue weighted by Gasteiger charge is 2.42. The number of rotatable bonds is 5. The average molecular weight is 283 g/mol. The summed E-state index contributed by atoms with van der Waals surface area (Å²) >= 11 is 0. The van der Waals surface area contributed by atoms with Crippen molar-refractivity contribution in [3.63, 3.8) is 0 Å². The summed E-state index contributed by atoms with van der Waals surface area (Å²) in [6.45, 7) is 8.78. The fourth-order valence-corrected chi connectivity index (χ4v) is 3.92. The highest BCUT2D eigenvalue weighted by Crippen LogP contribution is 2.39. The molecular formula is C16H29NO3. The molecule has 0 bridgehead atoms.